The molecule has 2 rings (SSSR count). The summed E-state index contributed by atoms with van der Waals surface area (Å²) >= 11 is 6.48. The topological polar surface area (TPSA) is 102 Å². The van der Waals surface area contributed by atoms with Gasteiger partial charge in [0, 0.05) is 24.3 Å². The van der Waals surface area contributed by atoms with Crippen molar-refractivity contribution in [1.82, 2.24) is 4.90 Å². The van der Waals surface area contributed by atoms with Crippen LogP contribution in [0.4, 0.5) is 0 Å². The Morgan fingerprint density at radius 1 is 1.29 bits per heavy atom. The Balaban J connectivity index is 3.01. The molecular formula is C20H25ClN2O5. The van der Waals surface area contributed by atoms with E-state index in [1.165, 1.54) is 12.0 Å². The van der Waals surface area contributed by atoms with E-state index in [4.69, 9.17) is 26.8 Å². The van der Waals surface area contributed by atoms with E-state index in [1.807, 2.05) is 0 Å². The first-order valence-electron chi connectivity index (χ1n) is 8.87. The normalized spacial score (nSPS) is 19.7. The monoisotopic (exact) mass is 408 g/mol. The van der Waals surface area contributed by atoms with E-state index in [1.54, 1.807) is 45.2 Å². The number of ether oxygens (including phenoxy) is 2. The highest BCUT2D eigenvalue weighted by Gasteiger charge is 2.53. The first-order chi connectivity index (χ1) is 13.3. The third-order valence-corrected chi connectivity index (χ3v) is 5.39. The minimum Gasteiger partial charge on any atom is -0.478 e. The van der Waals surface area contributed by atoms with Gasteiger partial charge in [0.2, 0.25) is 5.88 Å². The Bertz CT molecular complexity index is 849. The fourth-order valence-electron chi connectivity index (χ4n) is 3.75. The van der Waals surface area contributed by atoms with E-state index >= 15 is 0 Å². The molecule has 0 aromatic heterocycles. The van der Waals surface area contributed by atoms with Crippen LogP contribution in [0.2, 0.25) is 5.02 Å². The largest absolute Gasteiger partial charge is 0.478 e. The number of nitrogens with two attached hydrogens (primary N) is 1. The van der Waals surface area contributed by atoms with Crippen molar-refractivity contribution in [2.75, 3.05) is 27.3 Å². The molecule has 1 unspecified atom stereocenters. The van der Waals surface area contributed by atoms with Gasteiger partial charge in [-0.05, 0) is 25.0 Å². The lowest BCUT2D eigenvalue weighted by Crippen LogP contribution is -2.46. The molecule has 0 fully saturated rings. The zero-order chi connectivity index (χ0) is 21.1. The van der Waals surface area contributed by atoms with E-state index in [-0.39, 0.29) is 36.6 Å². The number of carbonyl (C=O) groups excluding carboxylic acids is 1. The number of carbonyl (C=O) groups is 2. The molecule has 0 radical (unpaired) electrons. The predicted molar refractivity (Wildman–Crippen MR) is 106 cm³/mol. The fraction of sp³-hybridized carbons (Fsp3) is 0.400. The zero-order valence-electron chi connectivity index (χ0n) is 16.4. The van der Waals surface area contributed by atoms with Crippen molar-refractivity contribution >= 4 is 23.5 Å². The molecule has 7 nitrogen and oxygen atoms in total. The van der Waals surface area contributed by atoms with Crippen LogP contribution in [0, 0.1) is 0 Å². The number of hydrogen-bond donors (Lipinski definition) is 2. The number of esters is 1. The van der Waals surface area contributed by atoms with Gasteiger partial charge in [0.15, 0.2) is 0 Å². The summed E-state index contributed by atoms with van der Waals surface area (Å²) in [5, 5.41) is 10.5. The molecule has 0 spiro atoms. The summed E-state index contributed by atoms with van der Waals surface area (Å²) in [5.74, 6) is -1.63. The van der Waals surface area contributed by atoms with Gasteiger partial charge in [-0.1, -0.05) is 36.7 Å². The van der Waals surface area contributed by atoms with Gasteiger partial charge in [-0.25, -0.2) is 9.59 Å². The highest BCUT2D eigenvalue weighted by Crippen LogP contribution is 2.51. The van der Waals surface area contributed by atoms with Crippen LogP contribution in [0.15, 0.2) is 47.0 Å². The number of carboxylic acid groups (broad SMARTS) is 1. The van der Waals surface area contributed by atoms with Crippen molar-refractivity contribution in [3.63, 3.8) is 0 Å². The van der Waals surface area contributed by atoms with Gasteiger partial charge in [0.1, 0.15) is 12.2 Å². The Labute approximate surface area is 169 Å². The Morgan fingerprint density at radius 2 is 1.93 bits per heavy atom. The summed E-state index contributed by atoms with van der Waals surface area (Å²) < 4.78 is 10.8. The summed E-state index contributed by atoms with van der Waals surface area (Å²) in [6.07, 6.45) is 0.253. The van der Waals surface area contributed by atoms with Crippen molar-refractivity contribution in [1.29, 1.82) is 0 Å². The lowest BCUT2D eigenvalue weighted by molar-refractivity contribution is -0.138. The summed E-state index contributed by atoms with van der Waals surface area (Å²) in [7, 11) is 2.88. The van der Waals surface area contributed by atoms with Crippen LogP contribution in [0.3, 0.4) is 0 Å². The molecule has 1 atom stereocenters. The number of benzene rings is 1. The number of methoxy groups -OCH3 is 1. The van der Waals surface area contributed by atoms with Crippen molar-refractivity contribution in [3.8, 4) is 0 Å². The van der Waals surface area contributed by atoms with E-state index < -0.39 is 17.4 Å². The van der Waals surface area contributed by atoms with Crippen LogP contribution in [-0.2, 0) is 24.5 Å². The maximum atomic E-state index is 12.9. The van der Waals surface area contributed by atoms with Gasteiger partial charge in [0.25, 0.3) is 0 Å². The number of hydrogen-bond acceptors (Lipinski definition) is 6. The number of aliphatic carboxylic acids is 1. The Kier molecular flexibility index (Phi) is 6.74. The second-order valence-electron chi connectivity index (χ2n) is 6.37. The maximum Gasteiger partial charge on any atom is 0.340 e. The van der Waals surface area contributed by atoms with Gasteiger partial charge in [0.05, 0.1) is 18.1 Å². The van der Waals surface area contributed by atoms with E-state index in [2.05, 4.69) is 0 Å². The highest BCUT2D eigenvalue weighted by atomic mass is 35.5. The van der Waals surface area contributed by atoms with Crippen LogP contribution in [0.25, 0.3) is 0 Å². The molecule has 1 aliphatic rings. The minimum absolute atomic E-state index is 0.0473. The second kappa shape index (κ2) is 8.67. The molecule has 0 bridgehead atoms. The fourth-order valence-corrected chi connectivity index (χ4v) is 4.05. The number of rotatable bonds is 7. The highest BCUT2D eigenvalue weighted by molar-refractivity contribution is 6.31. The Morgan fingerprint density at radius 3 is 2.43 bits per heavy atom. The average Bonchev–Trinajstić information content (AvgIpc) is 2.68. The molecule has 1 heterocycles. The first-order valence-corrected chi connectivity index (χ1v) is 9.24. The van der Waals surface area contributed by atoms with Gasteiger partial charge >= 0.3 is 11.9 Å². The number of halogens is 1. The summed E-state index contributed by atoms with van der Waals surface area (Å²) in [5.41, 5.74) is 5.30. The molecule has 1 aromatic carbocycles. The second-order valence-corrected chi connectivity index (χ2v) is 6.78. The lowest BCUT2D eigenvalue weighted by Gasteiger charge is -2.43. The molecule has 0 aliphatic carbocycles. The lowest BCUT2D eigenvalue weighted by atomic mass is 9.64. The van der Waals surface area contributed by atoms with Gasteiger partial charge in [-0.3, -0.25) is 0 Å². The van der Waals surface area contributed by atoms with Gasteiger partial charge in [-0.2, -0.15) is 0 Å². The predicted octanol–water partition coefficient (Wildman–Crippen LogP) is 2.65. The van der Waals surface area contributed by atoms with Crippen molar-refractivity contribution in [2.45, 2.75) is 25.7 Å². The molecule has 1 aromatic rings. The average molecular weight is 409 g/mol. The maximum absolute atomic E-state index is 12.9. The molecule has 152 valence electrons. The van der Waals surface area contributed by atoms with Crippen molar-refractivity contribution in [2.24, 2.45) is 5.73 Å². The smallest absolute Gasteiger partial charge is 0.340 e. The number of carboxylic acids is 1. The third-order valence-electron chi connectivity index (χ3n) is 5.06. The van der Waals surface area contributed by atoms with E-state index in [0.29, 0.717) is 16.3 Å². The van der Waals surface area contributed by atoms with Crippen LogP contribution in [0.5, 0.6) is 0 Å². The van der Waals surface area contributed by atoms with E-state index in [9.17, 15) is 14.7 Å². The Hall–Kier alpha value is -2.51. The summed E-state index contributed by atoms with van der Waals surface area (Å²) in [6, 6.07) is 6.88. The number of allylic oxidation sites excluding steroid dienone is 1. The molecule has 1 aliphatic heterocycles. The standard InChI is InChI=1S/C20H25ClN2O5/c1-5-20(13-8-6-7-9-14(13)21)15(18(24)25)12(2)23(3)17(28-11-10-22)16(20)19(26)27-4/h6-9H,5,10-11,22H2,1-4H3,(H,24,25). The van der Waals surface area contributed by atoms with Crippen molar-refractivity contribution in [3.05, 3.63) is 57.6 Å². The number of nitrogens with zero attached hydrogens (tertiary/aromatic N) is 1. The molecule has 0 saturated heterocycles. The third kappa shape index (κ3) is 3.36. The minimum atomic E-state index is -1.35. The van der Waals surface area contributed by atoms with Crippen LogP contribution in [0.1, 0.15) is 25.8 Å². The quantitative estimate of drug-likeness (QED) is 0.668. The summed E-state index contributed by atoms with van der Waals surface area (Å²) in [6.45, 7) is 3.85. The molecule has 0 saturated carbocycles. The SMILES string of the molecule is CCC1(c2ccccc2Cl)C(C(=O)O)=C(C)N(C)C(OCCN)=C1C(=O)OC. The molecule has 28 heavy (non-hydrogen) atoms. The molecule has 8 heteroatoms. The molecular weight excluding hydrogens is 384 g/mol. The molecule has 0 amide bonds. The molecule has 3 N–H and O–H groups in total. The summed E-state index contributed by atoms with van der Waals surface area (Å²) in [4.78, 5) is 26.9. The first kappa shape index (κ1) is 21.8. The van der Waals surface area contributed by atoms with Gasteiger partial charge < -0.3 is 25.2 Å². The van der Waals surface area contributed by atoms with Crippen LogP contribution < -0.4 is 5.73 Å². The zero-order valence-corrected chi connectivity index (χ0v) is 17.2. The van der Waals surface area contributed by atoms with Crippen LogP contribution >= 0.6 is 11.6 Å². The van der Waals surface area contributed by atoms with E-state index in [0.717, 1.165) is 0 Å². The van der Waals surface area contributed by atoms with Crippen LogP contribution in [-0.4, -0.2) is 49.3 Å². The van der Waals surface area contributed by atoms with Crippen molar-refractivity contribution < 1.29 is 24.2 Å². The van der Waals surface area contributed by atoms with Gasteiger partial charge in [-0.15, -0.1) is 0 Å².